The van der Waals surface area contributed by atoms with Gasteiger partial charge in [0.25, 0.3) is 0 Å². The Kier molecular flexibility index (Phi) is 1.94. The maximum atomic E-state index is 2.58. The summed E-state index contributed by atoms with van der Waals surface area (Å²) >= 11 is 0. The first-order valence-electron chi connectivity index (χ1n) is 4.56. The molecule has 0 aromatic rings. The van der Waals surface area contributed by atoms with E-state index in [-0.39, 0.29) is 0 Å². The van der Waals surface area contributed by atoms with E-state index in [0.717, 1.165) is 0 Å². The Labute approximate surface area is 63.4 Å². The fourth-order valence-electron chi connectivity index (χ4n) is 1.91. The van der Waals surface area contributed by atoms with Crippen molar-refractivity contribution in [3.05, 3.63) is 6.04 Å². The molecule has 2 aliphatic rings. The SMILES string of the molecule is C1CC[C](N2CCC2)CC1. The first-order chi connectivity index (χ1) is 4.97. The summed E-state index contributed by atoms with van der Waals surface area (Å²) in [4.78, 5) is 2.58. The Balaban J connectivity index is 1.78. The molecule has 2 rings (SSSR count). The molecule has 0 N–H and O–H groups in total. The highest BCUT2D eigenvalue weighted by atomic mass is 15.2. The van der Waals surface area contributed by atoms with E-state index in [4.69, 9.17) is 0 Å². The van der Waals surface area contributed by atoms with Crippen LogP contribution in [0.25, 0.3) is 0 Å². The minimum Gasteiger partial charge on any atom is -0.296 e. The van der Waals surface area contributed by atoms with Crippen LogP contribution in [0.1, 0.15) is 38.5 Å². The van der Waals surface area contributed by atoms with Crippen molar-refractivity contribution in [1.82, 2.24) is 4.90 Å². The molecular weight excluding hydrogens is 122 g/mol. The molecule has 57 valence electrons. The Bertz CT molecular complexity index is 101. The van der Waals surface area contributed by atoms with Gasteiger partial charge in [0.15, 0.2) is 0 Å². The van der Waals surface area contributed by atoms with E-state index in [1.807, 2.05) is 0 Å². The molecule has 1 aliphatic carbocycles. The van der Waals surface area contributed by atoms with Crippen molar-refractivity contribution in [3.63, 3.8) is 0 Å². The largest absolute Gasteiger partial charge is 0.296 e. The van der Waals surface area contributed by atoms with Gasteiger partial charge >= 0.3 is 0 Å². The fourth-order valence-corrected chi connectivity index (χ4v) is 1.91. The van der Waals surface area contributed by atoms with Gasteiger partial charge in [-0.3, -0.25) is 4.90 Å². The summed E-state index contributed by atoms with van der Waals surface area (Å²) in [6.45, 7) is 2.71. The molecule has 1 heterocycles. The van der Waals surface area contributed by atoms with Crippen molar-refractivity contribution in [2.45, 2.75) is 38.5 Å². The third-order valence-corrected chi connectivity index (χ3v) is 2.73. The molecule has 0 atom stereocenters. The van der Waals surface area contributed by atoms with Crippen LogP contribution in [0, 0.1) is 6.04 Å². The smallest absolute Gasteiger partial charge is 0.0393 e. The van der Waals surface area contributed by atoms with E-state index in [2.05, 4.69) is 4.90 Å². The second kappa shape index (κ2) is 2.91. The molecule has 1 nitrogen and oxygen atoms in total. The zero-order valence-electron chi connectivity index (χ0n) is 6.60. The van der Waals surface area contributed by atoms with Crippen LogP contribution in [0.2, 0.25) is 0 Å². The van der Waals surface area contributed by atoms with Crippen LogP contribution >= 0.6 is 0 Å². The van der Waals surface area contributed by atoms with Crippen molar-refractivity contribution in [1.29, 1.82) is 0 Å². The highest BCUT2D eigenvalue weighted by Gasteiger charge is 2.25. The number of hydrogen-bond donors (Lipinski definition) is 0. The quantitative estimate of drug-likeness (QED) is 0.537. The Morgan fingerprint density at radius 3 is 2.00 bits per heavy atom. The van der Waals surface area contributed by atoms with Gasteiger partial charge in [-0.1, -0.05) is 19.3 Å². The molecule has 0 aromatic carbocycles. The van der Waals surface area contributed by atoms with Gasteiger partial charge in [-0.25, -0.2) is 0 Å². The van der Waals surface area contributed by atoms with Gasteiger partial charge in [0.2, 0.25) is 0 Å². The van der Waals surface area contributed by atoms with Crippen LogP contribution in [-0.2, 0) is 0 Å². The van der Waals surface area contributed by atoms with E-state index < -0.39 is 0 Å². The van der Waals surface area contributed by atoms with Gasteiger partial charge in [-0.15, -0.1) is 0 Å². The van der Waals surface area contributed by atoms with Crippen LogP contribution in [0.3, 0.4) is 0 Å². The lowest BCUT2D eigenvalue weighted by molar-refractivity contribution is 0.161. The van der Waals surface area contributed by atoms with Gasteiger partial charge in [0.05, 0.1) is 0 Å². The normalized spacial score (nSPS) is 30.0. The topological polar surface area (TPSA) is 3.24 Å². The van der Waals surface area contributed by atoms with E-state index in [1.165, 1.54) is 51.6 Å². The predicted molar refractivity (Wildman–Crippen MR) is 42.5 cm³/mol. The molecule has 10 heavy (non-hydrogen) atoms. The van der Waals surface area contributed by atoms with E-state index in [1.54, 1.807) is 6.04 Å². The molecule has 1 saturated carbocycles. The fraction of sp³-hybridized carbons (Fsp3) is 0.889. The summed E-state index contributed by atoms with van der Waals surface area (Å²) in [5.41, 5.74) is 0. The number of likely N-dealkylation sites (tertiary alicyclic amines) is 1. The van der Waals surface area contributed by atoms with Gasteiger partial charge in [0, 0.05) is 6.04 Å². The molecular formula is C9H16N. The van der Waals surface area contributed by atoms with Gasteiger partial charge in [-0.05, 0) is 32.4 Å². The van der Waals surface area contributed by atoms with Crippen molar-refractivity contribution >= 4 is 0 Å². The average molecular weight is 138 g/mol. The highest BCUT2D eigenvalue weighted by Crippen LogP contribution is 2.31. The van der Waals surface area contributed by atoms with E-state index in [0.29, 0.717) is 0 Å². The Morgan fingerprint density at radius 1 is 0.800 bits per heavy atom. The molecule has 1 aliphatic heterocycles. The Hall–Kier alpha value is -0.0400. The summed E-state index contributed by atoms with van der Waals surface area (Å²) in [5, 5.41) is 0. The van der Waals surface area contributed by atoms with Crippen LogP contribution in [0.15, 0.2) is 0 Å². The zero-order chi connectivity index (χ0) is 6.81. The van der Waals surface area contributed by atoms with E-state index >= 15 is 0 Å². The summed E-state index contributed by atoms with van der Waals surface area (Å²) < 4.78 is 0. The van der Waals surface area contributed by atoms with Crippen molar-refractivity contribution < 1.29 is 0 Å². The molecule has 1 radical (unpaired) electrons. The summed E-state index contributed by atoms with van der Waals surface area (Å²) in [5.74, 6) is 0. The number of hydrogen-bond acceptors (Lipinski definition) is 1. The second-order valence-corrected chi connectivity index (χ2v) is 3.47. The summed E-state index contributed by atoms with van der Waals surface area (Å²) in [7, 11) is 0. The molecule has 0 unspecified atom stereocenters. The molecule has 1 heteroatoms. The molecule has 2 fully saturated rings. The third-order valence-electron chi connectivity index (χ3n) is 2.73. The highest BCUT2D eigenvalue weighted by molar-refractivity contribution is 4.95. The lowest BCUT2D eigenvalue weighted by Gasteiger charge is -2.39. The van der Waals surface area contributed by atoms with Crippen molar-refractivity contribution in [2.24, 2.45) is 0 Å². The minimum atomic E-state index is 1.36. The number of rotatable bonds is 1. The monoisotopic (exact) mass is 138 g/mol. The van der Waals surface area contributed by atoms with Crippen LogP contribution in [-0.4, -0.2) is 18.0 Å². The third kappa shape index (κ3) is 1.20. The predicted octanol–water partition coefficient (Wildman–Crippen LogP) is 2.19. The zero-order valence-corrected chi connectivity index (χ0v) is 6.60. The number of nitrogens with zero attached hydrogens (tertiary/aromatic N) is 1. The Morgan fingerprint density at radius 2 is 1.50 bits per heavy atom. The van der Waals surface area contributed by atoms with Crippen molar-refractivity contribution in [3.8, 4) is 0 Å². The minimum absolute atomic E-state index is 1.36. The van der Waals surface area contributed by atoms with E-state index in [9.17, 15) is 0 Å². The van der Waals surface area contributed by atoms with Gasteiger partial charge < -0.3 is 0 Å². The van der Waals surface area contributed by atoms with Gasteiger partial charge in [-0.2, -0.15) is 0 Å². The maximum absolute atomic E-state index is 2.58. The standard InChI is InChI=1S/C9H16N/c1-2-5-9(6-3-1)10-7-4-8-10/h1-8H2. The lowest BCUT2D eigenvalue weighted by Crippen LogP contribution is -2.40. The lowest BCUT2D eigenvalue weighted by atomic mass is 9.92. The first-order valence-corrected chi connectivity index (χ1v) is 4.56. The summed E-state index contributed by atoms with van der Waals surface area (Å²) in [6.07, 6.45) is 8.61. The molecule has 0 aromatic heterocycles. The van der Waals surface area contributed by atoms with Crippen LogP contribution in [0.4, 0.5) is 0 Å². The molecule has 0 amide bonds. The molecule has 0 bridgehead atoms. The van der Waals surface area contributed by atoms with Crippen LogP contribution < -0.4 is 0 Å². The second-order valence-electron chi connectivity index (χ2n) is 3.47. The van der Waals surface area contributed by atoms with Gasteiger partial charge in [0.1, 0.15) is 0 Å². The molecule has 1 saturated heterocycles. The molecule has 0 spiro atoms. The first kappa shape index (κ1) is 6.66. The van der Waals surface area contributed by atoms with Crippen LogP contribution in [0.5, 0.6) is 0 Å². The maximum Gasteiger partial charge on any atom is 0.0393 e. The summed E-state index contributed by atoms with van der Waals surface area (Å²) in [6, 6.07) is 1.76. The van der Waals surface area contributed by atoms with Crippen molar-refractivity contribution in [2.75, 3.05) is 13.1 Å². The average Bonchev–Trinajstić information content (AvgIpc) is 1.86.